The van der Waals surface area contributed by atoms with Gasteiger partial charge in [-0.3, -0.25) is 19.1 Å². The Bertz CT molecular complexity index is 4800. The highest BCUT2D eigenvalue weighted by Crippen LogP contribution is 2.63. The summed E-state index contributed by atoms with van der Waals surface area (Å²) in [4.78, 5) is 36.7. The van der Waals surface area contributed by atoms with E-state index in [9.17, 15) is 9.59 Å². The zero-order valence-corrected chi connectivity index (χ0v) is 53.8. The number of aliphatic imine (C=N–C) groups is 1. The summed E-state index contributed by atoms with van der Waals surface area (Å²) >= 11 is 15.0. The maximum atomic E-state index is 13.4. The van der Waals surface area contributed by atoms with E-state index >= 15 is 0 Å². The number of hydrogen-bond donors (Lipinski definition) is 0. The highest BCUT2D eigenvalue weighted by atomic mass is 79.9. The Kier molecular flexibility index (Phi) is 14.6. The fraction of sp³-hybridized carbons (Fsp3) is 0.0250. The Labute approximate surface area is 549 Å². The van der Waals surface area contributed by atoms with E-state index in [0.29, 0.717) is 11.1 Å². The number of halogens is 4. The molecule has 0 aliphatic heterocycles. The average Bonchev–Trinajstić information content (AvgIpc) is 1.54. The smallest absolute Gasteiger partial charge is 0.233 e. The molecule has 13 aromatic rings. The van der Waals surface area contributed by atoms with Gasteiger partial charge < -0.3 is 0 Å². The molecule has 17 rings (SSSR count). The lowest BCUT2D eigenvalue weighted by molar-refractivity contribution is 0.0817. The van der Waals surface area contributed by atoms with Crippen LogP contribution in [0.15, 0.2) is 314 Å². The van der Waals surface area contributed by atoms with Crippen LogP contribution in [0.1, 0.15) is 70.8 Å². The van der Waals surface area contributed by atoms with Crippen LogP contribution < -0.4 is 0 Å². The second-order valence-electron chi connectivity index (χ2n) is 22.3. The number of fused-ring (bicyclic) bond motifs is 21. The van der Waals surface area contributed by atoms with Gasteiger partial charge in [0.15, 0.2) is 0 Å². The summed E-state index contributed by atoms with van der Waals surface area (Å²) < 4.78 is 6.18. The van der Waals surface area contributed by atoms with Crippen molar-refractivity contribution in [3.05, 3.63) is 370 Å². The molecule has 89 heavy (non-hydrogen) atoms. The van der Waals surface area contributed by atoms with E-state index in [-0.39, 0.29) is 0 Å². The number of rotatable bonds is 4. The number of carbonyl (C=O) groups is 2. The molecule has 0 saturated heterocycles. The van der Waals surface area contributed by atoms with Crippen molar-refractivity contribution in [3.8, 4) is 61.8 Å². The first kappa shape index (κ1) is 56.3. The van der Waals surface area contributed by atoms with Crippen LogP contribution in [0.3, 0.4) is 0 Å². The number of carbonyl (C=O) groups excluding carboxylic acids is 2. The number of nitrogens with zero attached hydrogens (tertiary/aromatic N) is 3. The number of benzene rings is 12. The minimum absolute atomic E-state index is 0.451. The second kappa shape index (κ2) is 23.1. The van der Waals surface area contributed by atoms with E-state index in [0.717, 1.165) is 96.5 Å². The molecule has 12 aromatic carbocycles. The molecule has 0 saturated carbocycles. The first-order valence-corrected chi connectivity index (χ1v) is 32.4. The number of ketones is 2. The van der Waals surface area contributed by atoms with E-state index in [1.165, 1.54) is 38.9 Å². The normalized spacial score (nSPS) is 13.6. The maximum absolute atomic E-state index is 13.4. The molecular weight excluding hydrogens is 1350 g/mol. The zero-order chi connectivity index (χ0) is 60.4. The standard InChI is InChI=1S/C40H24Br2N2.C27H14Br2O2.C13H11N/c41-26-19-21-31-35(23-26)40(33-17-9-7-15-29(33)30-16-8-10-18-34(30)40)36-24-27(42)20-22-32(36)38-37(31)43-39(25-11-3-1-4-12-25)44(38)28-13-5-2-6-14-28;28-15-9-11-19-23(13-15)27(24-14-16(29)10-12-20(24)26(31)25(19)30)21-7-3-1-5-17(21)18-6-2-4-8-22(18)27;1-3-7-12(8-4-1)11-14-13-9-5-2-6-10-13/h1-24H;1-14H;1-11H. The Balaban J connectivity index is 0.000000127. The van der Waals surface area contributed by atoms with Crippen LogP contribution in [0.25, 0.3) is 61.8 Å². The van der Waals surface area contributed by atoms with Crippen molar-refractivity contribution < 1.29 is 9.59 Å². The second-order valence-corrected chi connectivity index (χ2v) is 25.9. The molecular formula is C80H49Br4N3O2. The minimum Gasteiger partial charge on any atom is -0.292 e. The molecule has 4 aliphatic rings. The third-order valence-corrected chi connectivity index (χ3v) is 19.5. The Morgan fingerprint density at radius 1 is 0.337 bits per heavy atom. The van der Waals surface area contributed by atoms with E-state index in [2.05, 4.69) is 243 Å². The molecule has 1 aromatic heterocycles. The SMILES string of the molecule is Brc1ccc2c(c1)C1(c3ccccc3-c3ccccc31)c1cc(Br)ccc1-c1c-2nc(-c2ccccc2)n1-c1ccccc1.C(=Nc1ccccc1)c1ccccc1.O=C1C(=O)c2ccc(Br)cc2C2(c3cc(Br)ccc31)c1ccccc1-c1ccccc12. The van der Waals surface area contributed by atoms with Crippen molar-refractivity contribution in [1.29, 1.82) is 0 Å². The van der Waals surface area contributed by atoms with E-state index in [4.69, 9.17) is 4.98 Å². The molecule has 2 spiro atoms. The first-order chi connectivity index (χ1) is 43.6. The van der Waals surface area contributed by atoms with Crippen molar-refractivity contribution in [2.24, 2.45) is 4.99 Å². The molecule has 0 N–H and O–H groups in total. The molecule has 9 heteroatoms. The van der Waals surface area contributed by atoms with Gasteiger partial charge in [-0.15, -0.1) is 0 Å². The fourth-order valence-electron chi connectivity index (χ4n) is 13.9. The predicted molar refractivity (Wildman–Crippen MR) is 374 cm³/mol. The van der Waals surface area contributed by atoms with Gasteiger partial charge in [0.2, 0.25) is 11.6 Å². The Morgan fingerprint density at radius 2 is 0.685 bits per heavy atom. The molecule has 1 heterocycles. The van der Waals surface area contributed by atoms with Gasteiger partial charge in [0.25, 0.3) is 0 Å². The summed E-state index contributed by atoms with van der Waals surface area (Å²) in [6.07, 6.45) is 1.87. The third kappa shape index (κ3) is 9.27. The fourth-order valence-corrected chi connectivity index (χ4v) is 15.4. The van der Waals surface area contributed by atoms with Gasteiger partial charge in [-0.05, 0) is 157 Å². The van der Waals surface area contributed by atoms with Crippen LogP contribution in [0, 0.1) is 0 Å². The number of aromatic nitrogens is 2. The number of Topliss-reactive ketones (excluding diaryl/α,β-unsaturated/α-hetero) is 2. The summed E-state index contributed by atoms with van der Waals surface area (Å²) in [5, 5.41) is 0. The molecule has 0 amide bonds. The predicted octanol–water partition coefficient (Wildman–Crippen LogP) is 21.5. The highest BCUT2D eigenvalue weighted by Gasteiger charge is 2.53. The summed E-state index contributed by atoms with van der Waals surface area (Å²) in [6, 6.07) is 100. The lowest BCUT2D eigenvalue weighted by Crippen LogP contribution is -2.30. The van der Waals surface area contributed by atoms with Crippen LogP contribution in [0.5, 0.6) is 0 Å². The average molecular weight is 1400 g/mol. The number of para-hydroxylation sites is 2. The third-order valence-electron chi connectivity index (χ3n) is 17.5. The zero-order valence-electron chi connectivity index (χ0n) is 47.5. The summed E-state index contributed by atoms with van der Waals surface area (Å²) in [7, 11) is 0. The molecule has 5 nitrogen and oxygen atoms in total. The van der Waals surface area contributed by atoms with Crippen molar-refractivity contribution >= 4 is 87.2 Å². The molecule has 0 unspecified atom stereocenters. The van der Waals surface area contributed by atoms with Gasteiger partial charge in [0.1, 0.15) is 5.82 Å². The largest absolute Gasteiger partial charge is 0.292 e. The quantitative estimate of drug-likeness (QED) is 0.130. The molecule has 0 fully saturated rings. The molecule has 4 aliphatic carbocycles. The molecule has 0 bridgehead atoms. The van der Waals surface area contributed by atoms with E-state index in [1.807, 2.05) is 115 Å². The van der Waals surface area contributed by atoms with Crippen LogP contribution in [-0.4, -0.2) is 27.3 Å². The lowest BCUT2D eigenvalue weighted by Gasteiger charge is -2.35. The molecule has 424 valence electrons. The van der Waals surface area contributed by atoms with Gasteiger partial charge >= 0.3 is 0 Å². The van der Waals surface area contributed by atoms with Crippen molar-refractivity contribution in [1.82, 2.24) is 9.55 Å². The van der Waals surface area contributed by atoms with Gasteiger partial charge in [0, 0.05) is 57.6 Å². The van der Waals surface area contributed by atoms with Gasteiger partial charge in [0.05, 0.1) is 27.9 Å². The maximum Gasteiger partial charge on any atom is 0.233 e. The van der Waals surface area contributed by atoms with Crippen LogP contribution in [0.4, 0.5) is 5.69 Å². The van der Waals surface area contributed by atoms with Gasteiger partial charge in [-0.2, -0.15) is 0 Å². The molecule has 0 radical (unpaired) electrons. The topological polar surface area (TPSA) is 64.3 Å². The van der Waals surface area contributed by atoms with E-state index < -0.39 is 22.4 Å². The monoisotopic (exact) mass is 1400 g/mol. The van der Waals surface area contributed by atoms with Crippen LogP contribution in [0.2, 0.25) is 0 Å². The minimum atomic E-state index is -0.771. The Morgan fingerprint density at radius 3 is 1.13 bits per heavy atom. The Hall–Kier alpha value is -9.22. The number of imidazole rings is 1. The highest BCUT2D eigenvalue weighted by molar-refractivity contribution is 9.11. The van der Waals surface area contributed by atoms with Crippen LogP contribution in [-0.2, 0) is 10.8 Å². The number of hydrogen-bond acceptors (Lipinski definition) is 4. The lowest BCUT2D eigenvalue weighted by atomic mass is 9.66. The van der Waals surface area contributed by atoms with E-state index in [1.54, 1.807) is 12.1 Å². The van der Waals surface area contributed by atoms with Crippen molar-refractivity contribution in [2.75, 3.05) is 0 Å². The summed E-state index contributed by atoms with van der Waals surface area (Å²) in [5.41, 5.74) is 21.9. The molecule has 0 atom stereocenters. The van der Waals surface area contributed by atoms with Gasteiger partial charge in [-0.1, -0.05) is 270 Å². The van der Waals surface area contributed by atoms with Crippen molar-refractivity contribution in [2.45, 2.75) is 10.8 Å². The summed E-state index contributed by atoms with van der Waals surface area (Å²) in [5.74, 6) is -0.0117. The van der Waals surface area contributed by atoms with Gasteiger partial charge in [-0.25, -0.2) is 4.98 Å². The summed E-state index contributed by atoms with van der Waals surface area (Å²) in [6.45, 7) is 0. The first-order valence-electron chi connectivity index (χ1n) is 29.2. The van der Waals surface area contributed by atoms with Crippen LogP contribution >= 0.6 is 63.7 Å². The van der Waals surface area contributed by atoms with Crippen molar-refractivity contribution in [3.63, 3.8) is 0 Å².